The number of rotatable bonds is 5. The van der Waals surface area contributed by atoms with Gasteiger partial charge in [0.15, 0.2) is 0 Å². The third-order valence-electron chi connectivity index (χ3n) is 7.78. The fraction of sp³-hybridized carbons (Fsp3) is 0.480. The summed E-state index contributed by atoms with van der Waals surface area (Å²) < 4.78 is 1.68. The highest BCUT2D eigenvalue weighted by molar-refractivity contribution is 7.09. The maximum absolute atomic E-state index is 13.1. The highest BCUT2D eigenvalue weighted by Crippen LogP contribution is 2.61. The van der Waals surface area contributed by atoms with Crippen LogP contribution in [0.2, 0.25) is 0 Å². The normalized spacial score (nSPS) is 28.8. The second kappa shape index (κ2) is 7.30. The fourth-order valence-corrected chi connectivity index (χ4v) is 7.68. The molecule has 0 radical (unpaired) electrons. The second-order valence-corrected chi connectivity index (χ2v) is 11.1. The van der Waals surface area contributed by atoms with Crippen molar-refractivity contribution in [2.75, 3.05) is 5.32 Å². The van der Waals surface area contributed by atoms with Gasteiger partial charge in [-0.3, -0.25) is 9.59 Å². The predicted molar refractivity (Wildman–Crippen MR) is 123 cm³/mol. The maximum atomic E-state index is 13.1. The van der Waals surface area contributed by atoms with Crippen LogP contribution >= 0.6 is 11.3 Å². The number of aromatic nitrogens is 2. The van der Waals surface area contributed by atoms with Crippen molar-refractivity contribution in [2.24, 2.45) is 23.2 Å². The highest BCUT2D eigenvalue weighted by Gasteiger charge is 2.51. The number of benzene rings is 1. The average Bonchev–Trinajstić information content (AvgIpc) is 3.22. The van der Waals surface area contributed by atoms with Crippen molar-refractivity contribution < 1.29 is 4.79 Å². The van der Waals surface area contributed by atoms with Gasteiger partial charge in [-0.25, -0.2) is 4.98 Å². The lowest BCUT2D eigenvalue weighted by Gasteiger charge is -2.56. The summed E-state index contributed by atoms with van der Waals surface area (Å²) >= 11 is 1.54. The van der Waals surface area contributed by atoms with E-state index in [-0.39, 0.29) is 16.9 Å². The van der Waals surface area contributed by atoms with E-state index in [0.717, 1.165) is 33.8 Å². The number of carbonyl (C=O) groups is 1. The molecule has 2 heterocycles. The third kappa shape index (κ3) is 3.51. The van der Waals surface area contributed by atoms with Gasteiger partial charge in [0.2, 0.25) is 5.91 Å². The molecule has 2 aromatic heterocycles. The van der Waals surface area contributed by atoms with Crippen molar-refractivity contribution in [1.82, 2.24) is 9.55 Å². The zero-order chi connectivity index (χ0) is 21.0. The van der Waals surface area contributed by atoms with Crippen molar-refractivity contribution in [3.63, 3.8) is 0 Å². The molecule has 4 bridgehead atoms. The Labute approximate surface area is 185 Å². The molecule has 31 heavy (non-hydrogen) atoms. The summed E-state index contributed by atoms with van der Waals surface area (Å²) in [6, 6.07) is 7.54. The lowest BCUT2D eigenvalue weighted by molar-refractivity contribution is -0.124. The van der Waals surface area contributed by atoms with E-state index < -0.39 is 0 Å². The zero-order valence-electron chi connectivity index (χ0n) is 17.5. The van der Waals surface area contributed by atoms with E-state index in [4.69, 9.17) is 0 Å². The van der Waals surface area contributed by atoms with Gasteiger partial charge < -0.3 is 9.88 Å². The van der Waals surface area contributed by atoms with Gasteiger partial charge in [0, 0.05) is 40.7 Å². The maximum Gasteiger partial charge on any atom is 0.258 e. The molecule has 4 saturated carbocycles. The van der Waals surface area contributed by atoms with Crippen LogP contribution in [-0.4, -0.2) is 15.5 Å². The number of thiazole rings is 1. The first kappa shape index (κ1) is 19.2. The molecule has 5 nitrogen and oxygen atoms in total. The van der Waals surface area contributed by atoms with Crippen LogP contribution < -0.4 is 10.9 Å². The Morgan fingerprint density at radius 1 is 1.10 bits per heavy atom. The summed E-state index contributed by atoms with van der Waals surface area (Å²) in [4.78, 5) is 30.4. The van der Waals surface area contributed by atoms with Crippen molar-refractivity contribution in [2.45, 2.75) is 51.5 Å². The highest BCUT2D eigenvalue weighted by atomic mass is 32.1. The van der Waals surface area contributed by atoms with Crippen LogP contribution in [0.25, 0.3) is 10.8 Å². The Kier molecular flexibility index (Phi) is 4.53. The number of nitrogens with one attached hydrogen (secondary N) is 1. The number of pyridine rings is 1. The molecule has 1 aromatic carbocycles. The number of nitrogens with zero attached hydrogens (tertiary/aromatic N) is 2. The van der Waals surface area contributed by atoms with Crippen LogP contribution in [0.1, 0.15) is 50.0 Å². The molecule has 0 unspecified atom stereocenters. The number of amides is 1. The molecule has 6 heteroatoms. The van der Waals surface area contributed by atoms with Gasteiger partial charge in [-0.05, 0) is 79.9 Å². The van der Waals surface area contributed by atoms with Gasteiger partial charge in [0.05, 0.1) is 6.54 Å². The number of fused-ring (bicyclic) bond motifs is 1. The van der Waals surface area contributed by atoms with Gasteiger partial charge in [-0.2, -0.15) is 0 Å². The first-order valence-corrected chi connectivity index (χ1v) is 12.3. The summed E-state index contributed by atoms with van der Waals surface area (Å²) in [6.45, 7) is 0.467. The van der Waals surface area contributed by atoms with E-state index in [0.29, 0.717) is 18.4 Å². The summed E-state index contributed by atoms with van der Waals surface area (Å²) in [5.41, 5.74) is 0.903. The van der Waals surface area contributed by atoms with E-state index >= 15 is 0 Å². The topological polar surface area (TPSA) is 64.0 Å². The Hall–Kier alpha value is -2.47. The Bertz CT molecular complexity index is 1160. The van der Waals surface area contributed by atoms with Crippen LogP contribution in [0.4, 0.5) is 5.69 Å². The molecular weight excluding hydrogens is 406 g/mol. The smallest absolute Gasteiger partial charge is 0.258 e. The van der Waals surface area contributed by atoms with Gasteiger partial charge in [0.1, 0.15) is 5.01 Å². The number of anilines is 1. The Morgan fingerprint density at radius 3 is 2.52 bits per heavy atom. The third-order valence-corrected chi connectivity index (χ3v) is 8.55. The van der Waals surface area contributed by atoms with Crippen LogP contribution in [0.15, 0.2) is 46.8 Å². The van der Waals surface area contributed by atoms with E-state index in [1.165, 1.54) is 38.5 Å². The van der Waals surface area contributed by atoms with Crippen LogP contribution in [0.3, 0.4) is 0 Å². The zero-order valence-corrected chi connectivity index (χ0v) is 18.4. The summed E-state index contributed by atoms with van der Waals surface area (Å²) in [6.07, 6.45) is 12.0. The summed E-state index contributed by atoms with van der Waals surface area (Å²) in [5, 5.41) is 7.41. The van der Waals surface area contributed by atoms with E-state index in [1.54, 1.807) is 28.3 Å². The van der Waals surface area contributed by atoms with Crippen LogP contribution in [0, 0.1) is 23.2 Å². The van der Waals surface area contributed by atoms with Crippen molar-refractivity contribution in [1.29, 1.82) is 0 Å². The summed E-state index contributed by atoms with van der Waals surface area (Å²) in [5.74, 6) is 2.62. The number of carbonyl (C=O) groups excluding carboxylic acids is 1. The second-order valence-electron chi connectivity index (χ2n) is 10.1. The SMILES string of the molecule is O=C(CC12CC3CC(CC(C3)C1)C2)Nc1cccc2c(=O)n(Cc3nccs3)ccc12. The first-order valence-electron chi connectivity index (χ1n) is 11.4. The van der Waals surface area contributed by atoms with E-state index in [2.05, 4.69) is 10.3 Å². The molecule has 1 amide bonds. The number of hydrogen-bond acceptors (Lipinski definition) is 4. The molecule has 0 aliphatic heterocycles. The monoisotopic (exact) mass is 433 g/mol. The van der Waals surface area contributed by atoms with Crippen molar-refractivity contribution in [3.05, 3.63) is 57.4 Å². The minimum absolute atomic E-state index is 0.0510. The van der Waals surface area contributed by atoms with Gasteiger partial charge in [-0.1, -0.05) is 6.07 Å². The van der Waals surface area contributed by atoms with Crippen LogP contribution in [-0.2, 0) is 11.3 Å². The lowest BCUT2D eigenvalue weighted by Crippen LogP contribution is -2.47. The van der Waals surface area contributed by atoms with Crippen molar-refractivity contribution in [3.8, 4) is 0 Å². The van der Waals surface area contributed by atoms with E-state index in [1.807, 2.05) is 29.6 Å². The largest absolute Gasteiger partial charge is 0.325 e. The van der Waals surface area contributed by atoms with Crippen molar-refractivity contribution >= 4 is 33.7 Å². The molecule has 0 atom stereocenters. The molecule has 4 aliphatic carbocycles. The first-order chi connectivity index (χ1) is 15.1. The molecule has 3 aromatic rings. The van der Waals surface area contributed by atoms with Crippen LogP contribution in [0.5, 0.6) is 0 Å². The number of hydrogen-bond donors (Lipinski definition) is 1. The summed E-state index contributed by atoms with van der Waals surface area (Å²) in [7, 11) is 0. The minimum atomic E-state index is -0.0510. The lowest BCUT2D eigenvalue weighted by atomic mass is 9.49. The Morgan fingerprint density at radius 2 is 1.84 bits per heavy atom. The van der Waals surface area contributed by atoms with Gasteiger partial charge >= 0.3 is 0 Å². The molecule has 160 valence electrons. The molecule has 4 aliphatic rings. The molecular formula is C25H27N3O2S. The average molecular weight is 434 g/mol. The standard InChI is InChI=1S/C25H27N3O2S/c29-22(14-25-11-16-8-17(12-25)10-18(9-16)13-25)27-21-3-1-2-20-19(21)4-6-28(24(20)30)15-23-26-5-7-31-23/h1-7,16-18H,8-15H2,(H,27,29). The molecule has 4 fully saturated rings. The van der Waals surface area contributed by atoms with Gasteiger partial charge in [-0.15, -0.1) is 11.3 Å². The van der Waals surface area contributed by atoms with E-state index in [9.17, 15) is 9.59 Å². The molecule has 0 spiro atoms. The quantitative estimate of drug-likeness (QED) is 0.612. The Balaban J connectivity index is 1.24. The molecule has 0 saturated heterocycles. The molecule has 1 N–H and O–H groups in total. The minimum Gasteiger partial charge on any atom is -0.325 e. The molecule has 7 rings (SSSR count). The predicted octanol–water partition coefficient (Wildman–Crippen LogP) is 5.05. The van der Waals surface area contributed by atoms with Gasteiger partial charge in [0.25, 0.3) is 5.56 Å². The fourth-order valence-electron chi connectivity index (χ4n) is 7.07.